The molecule has 0 aromatic carbocycles. The lowest BCUT2D eigenvalue weighted by atomic mass is 9.83. The molecule has 0 spiro atoms. The molecule has 2 rings (SSSR count). The molecule has 0 radical (unpaired) electrons. The fourth-order valence-corrected chi connectivity index (χ4v) is 3.18. The van der Waals surface area contributed by atoms with Crippen molar-refractivity contribution in [3.05, 3.63) is 18.0 Å². The maximum absolute atomic E-state index is 4.57. The summed E-state index contributed by atoms with van der Waals surface area (Å²) in [5.74, 6) is 0.710. The zero-order valence-corrected chi connectivity index (χ0v) is 14.6. The highest BCUT2D eigenvalue weighted by atomic mass is 15.3. The van der Waals surface area contributed by atoms with E-state index in [0.29, 0.717) is 23.4 Å². The molecule has 0 saturated carbocycles. The van der Waals surface area contributed by atoms with Crippen molar-refractivity contribution in [2.24, 2.45) is 18.4 Å². The Morgan fingerprint density at radius 2 is 2.14 bits per heavy atom. The maximum atomic E-state index is 4.57. The number of aryl methyl sites for hydroxylation is 1. The number of hydrogen-bond acceptors (Lipinski definition) is 3. The van der Waals surface area contributed by atoms with Crippen LogP contribution < -0.4 is 5.32 Å². The van der Waals surface area contributed by atoms with Gasteiger partial charge in [-0.05, 0) is 17.4 Å². The van der Waals surface area contributed by atoms with Crippen LogP contribution in [0.1, 0.15) is 46.7 Å². The van der Waals surface area contributed by atoms with E-state index < -0.39 is 0 Å². The smallest absolute Gasteiger partial charge is 0.0764 e. The van der Waals surface area contributed by atoms with Gasteiger partial charge in [-0.1, -0.05) is 41.0 Å². The van der Waals surface area contributed by atoms with Crippen LogP contribution >= 0.6 is 0 Å². The number of aromatic nitrogens is 2. The van der Waals surface area contributed by atoms with Crippen molar-refractivity contribution in [1.29, 1.82) is 0 Å². The third kappa shape index (κ3) is 4.07. The Morgan fingerprint density at radius 1 is 1.43 bits per heavy atom. The van der Waals surface area contributed by atoms with E-state index in [4.69, 9.17) is 0 Å². The van der Waals surface area contributed by atoms with Gasteiger partial charge >= 0.3 is 0 Å². The fraction of sp³-hybridized carbons (Fsp3) is 0.824. The van der Waals surface area contributed by atoms with Gasteiger partial charge in [0.25, 0.3) is 0 Å². The van der Waals surface area contributed by atoms with Crippen LogP contribution in [0.25, 0.3) is 0 Å². The molecular formula is C17H32N4. The second-order valence-electron chi connectivity index (χ2n) is 7.69. The summed E-state index contributed by atoms with van der Waals surface area (Å²) in [4.78, 5) is 2.64. The molecule has 3 unspecified atom stereocenters. The van der Waals surface area contributed by atoms with Crippen LogP contribution in [-0.2, 0) is 13.6 Å². The highest BCUT2D eigenvalue weighted by Gasteiger charge is 2.35. The van der Waals surface area contributed by atoms with Crippen LogP contribution in [0.3, 0.4) is 0 Å². The highest BCUT2D eigenvalue weighted by Crippen LogP contribution is 2.27. The quantitative estimate of drug-likeness (QED) is 0.926. The van der Waals surface area contributed by atoms with Gasteiger partial charge < -0.3 is 5.32 Å². The second kappa shape index (κ2) is 6.49. The molecule has 0 aliphatic carbocycles. The summed E-state index contributed by atoms with van der Waals surface area (Å²) >= 11 is 0. The van der Waals surface area contributed by atoms with E-state index in [9.17, 15) is 0 Å². The zero-order chi connectivity index (χ0) is 15.6. The predicted octanol–water partition coefficient (Wildman–Crippen LogP) is 2.65. The van der Waals surface area contributed by atoms with Gasteiger partial charge in [0, 0.05) is 45.0 Å². The first-order valence-electron chi connectivity index (χ1n) is 8.27. The van der Waals surface area contributed by atoms with E-state index in [1.807, 2.05) is 17.9 Å². The van der Waals surface area contributed by atoms with Crippen molar-refractivity contribution < 1.29 is 0 Å². The number of nitrogens with one attached hydrogen (secondary N) is 1. The molecule has 1 N–H and O–H groups in total. The molecule has 3 atom stereocenters. The summed E-state index contributed by atoms with van der Waals surface area (Å²) in [5.41, 5.74) is 1.48. The maximum Gasteiger partial charge on any atom is 0.0764 e. The van der Waals surface area contributed by atoms with Gasteiger partial charge in [-0.25, -0.2) is 0 Å². The Labute approximate surface area is 129 Å². The van der Waals surface area contributed by atoms with Gasteiger partial charge in [-0.15, -0.1) is 0 Å². The van der Waals surface area contributed by atoms with Crippen LogP contribution in [0.15, 0.2) is 12.3 Å². The topological polar surface area (TPSA) is 33.1 Å². The van der Waals surface area contributed by atoms with Gasteiger partial charge in [-0.2, -0.15) is 5.10 Å². The van der Waals surface area contributed by atoms with Crippen molar-refractivity contribution >= 4 is 0 Å². The average Bonchev–Trinajstić information content (AvgIpc) is 2.82. The van der Waals surface area contributed by atoms with Gasteiger partial charge in [-0.3, -0.25) is 9.58 Å². The molecule has 1 fully saturated rings. The summed E-state index contributed by atoms with van der Waals surface area (Å²) in [6.45, 7) is 14.8. The van der Waals surface area contributed by atoms with Crippen LogP contribution in [0.5, 0.6) is 0 Å². The summed E-state index contributed by atoms with van der Waals surface area (Å²) in [5, 5.41) is 8.34. The largest absolute Gasteiger partial charge is 0.311 e. The van der Waals surface area contributed by atoms with E-state index >= 15 is 0 Å². The van der Waals surface area contributed by atoms with E-state index in [2.05, 4.69) is 56.0 Å². The third-order valence-corrected chi connectivity index (χ3v) is 4.94. The zero-order valence-electron chi connectivity index (χ0n) is 14.6. The summed E-state index contributed by atoms with van der Waals surface area (Å²) in [7, 11) is 1.99. The molecular weight excluding hydrogens is 260 g/mol. The van der Waals surface area contributed by atoms with E-state index in [1.54, 1.807) is 0 Å². The molecule has 1 aliphatic rings. The molecule has 0 bridgehead atoms. The Kier molecular flexibility index (Phi) is 5.10. The minimum absolute atomic E-state index is 0.294. The molecule has 4 nitrogen and oxygen atoms in total. The fourth-order valence-electron chi connectivity index (χ4n) is 3.18. The Balaban J connectivity index is 2.12. The summed E-state index contributed by atoms with van der Waals surface area (Å²) < 4.78 is 1.90. The average molecular weight is 292 g/mol. The first-order valence-corrected chi connectivity index (χ1v) is 8.27. The Hall–Kier alpha value is -0.870. The first kappa shape index (κ1) is 16.5. The molecule has 1 saturated heterocycles. The Bertz CT molecular complexity index is 446. The SMILES string of the molecule is CCC(C)C1CNC(C(C)(C)C)CN1Cc1ccn(C)n1. The number of rotatable bonds is 4. The van der Waals surface area contributed by atoms with Gasteiger partial charge in [0.05, 0.1) is 5.69 Å². The molecule has 4 heteroatoms. The predicted molar refractivity (Wildman–Crippen MR) is 88.1 cm³/mol. The van der Waals surface area contributed by atoms with Crippen molar-refractivity contribution in [3.8, 4) is 0 Å². The molecule has 120 valence electrons. The third-order valence-electron chi connectivity index (χ3n) is 4.94. The number of hydrogen-bond donors (Lipinski definition) is 1. The molecule has 1 aromatic heterocycles. The minimum Gasteiger partial charge on any atom is -0.311 e. The van der Waals surface area contributed by atoms with Crippen LogP contribution in [0.4, 0.5) is 0 Å². The number of piperazine rings is 1. The molecule has 1 aliphatic heterocycles. The standard InChI is InChI=1S/C17H32N4/c1-7-13(2)15-10-18-16(17(3,4)5)12-21(15)11-14-8-9-20(6)19-14/h8-9,13,15-16,18H,7,10-12H2,1-6H3. The molecule has 21 heavy (non-hydrogen) atoms. The normalized spacial score (nSPS) is 26.0. The summed E-state index contributed by atoms with van der Waals surface area (Å²) in [6, 6.07) is 3.29. The van der Waals surface area contributed by atoms with Crippen LogP contribution in [0, 0.1) is 11.3 Å². The van der Waals surface area contributed by atoms with Crippen LogP contribution in [0.2, 0.25) is 0 Å². The van der Waals surface area contributed by atoms with Crippen molar-refractivity contribution in [3.63, 3.8) is 0 Å². The van der Waals surface area contributed by atoms with E-state index in [0.717, 1.165) is 19.6 Å². The van der Waals surface area contributed by atoms with Gasteiger partial charge in [0.2, 0.25) is 0 Å². The first-order chi connectivity index (χ1) is 9.81. The highest BCUT2D eigenvalue weighted by molar-refractivity contribution is 5.02. The van der Waals surface area contributed by atoms with E-state index in [-0.39, 0.29) is 0 Å². The lowest BCUT2D eigenvalue weighted by molar-refractivity contribution is 0.0512. The lowest BCUT2D eigenvalue weighted by Gasteiger charge is -2.46. The monoisotopic (exact) mass is 292 g/mol. The minimum atomic E-state index is 0.294. The summed E-state index contributed by atoms with van der Waals surface area (Å²) in [6.07, 6.45) is 3.27. The lowest BCUT2D eigenvalue weighted by Crippen LogP contribution is -2.61. The second-order valence-corrected chi connectivity index (χ2v) is 7.69. The van der Waals surface area contributed by atoms with E-state index in [1.165, 1.54) is 12.1 Å². The molecule has 2 heterocycles. The molecule has 1 aromatic rings. The van der Waals surface area contributed by atoms with Crippen molar-refractivity contribution in [1.82, 2.24) is 20.0 Å². The van der Waals surface area contributed by atoms with Crippen molar-refractivity contribution in [2.45, 2.75) is 59.7 Å². The van der Waals surface area contributed by atoms with Gasteiger partial charge in [0.1, 0.15) is 0 Å². The van der Waals surface area contributed by atoms with Crippen LogP contribution in [-0.4, -0.2) is 39.9 Å². The van der Waals surface area contributed by atoms with Crippen molar-refractivity contribution in [2.75, 3.05) is 13.1 Å². The number of nitrogens with zero attached hydrogens (tertiary/aromatic N) is 3. The van der Waals surface area contributed by atoms with Gasteiger partial charge in [0.15, 0.2) is 0 Å². The molecule has 0 amide bonds. The Morgan fingerprint density at radius 3 is 2.67 bits per heavy atom.